The fraction of sp³-hybridized carbons (Fsp3) is 0.333. The highest BCUT2D eigenvalue weighted by Crippen LogP contribution is 2.32. The van der Waals surface area contributed by atoms with Crippen molar-refractivity contribution in [3.05, 3.63) is 52.4 Å². The molecule has 0 unspecified atom stereocenters. The van der Waals surface area contributed by atoms with Crippen molar-refractivity contribution in [3.8, 4) is 0 Å². The molecule has 2 heterocycles. The zero-order chi connectivity index (χ0) is 21.9. The lowest BCUT2D eigenvalue weighted by molar-refractivity contribution is -0.134. The number of carbonyl (C=O) groups is 4. The first-order valence-electron chi connectivity index (χ1n) is 9.59. The number of carbonyl (C=O) groups excluding carboxylic acids is 4. The van der Waals surface area contributed by atoms with Gasteiger partial charge in [0.15, 0.2) is 0 Å². The highest BCUT2D eigenvalue weighted by Gasteiger charge is 2.51. The van der Waals surface area contributed by atoms with Gasteiger partial charge in [-0.05, 0) is 37.5 Å². The molecular formula is C21H23N3O5S. The Labute approximate surface area is 178 Å². The first kappa shape index (κ1) is 21.5. The van der Waals surface area contributed by atoms with Gasteiger partial charge in [0, 0.05) is 0 Å². The number of amides is 4. The van der Waals surface area contributed by atoms with Crippen LogP contribution in [0.25, 0.3) is 0 Å². The Kier molecular flexibility index (Phi) is 6.21. The summed E-state index contributed by atoms with van der Waals surface area (Å²) in [6, 6.07) is 10.0. The lowest BCUT2D eigenvalue weighted by atomic mass is 9.87. The molecule has 1 aromatic carbocycles. The lowest BCUT2D eigenvalue weighted by Crippen LogP contribution is -2.44. The van der Waals surface area contributed by atoms with Crippen LogP contribution in [-0.2, 0) is 19.9 Å². The maximum absolute atomic E-state index is 13.1. The van der Waals surface area contributed by atoms with Gasteiger partial charge in [-0.2, -0.15) is 0 Å². The largest absolute Gasteiger partial charge is 0.462 e. The second-order valence-electron chi connectivity index (χ2n) is 6.84. The number of imide groups is 1. The number of aryl methyl sites for hydroxylation is 1. The molecule has 2 aromatic rings. The van der Waals surface area contributed by atoms with E-state index in [0.717, 1.165) is 16.2 Å². The van der Waals surface area contributed by atoms with Crippen molar-refractivity contribution in [2.75, 3.05) is 18.5 Å². The van der Waals surface area contributed by atoms with Gasteiger partial charge in [-0.1, -0.05) is 37.3 Å². The minimum absolute atomic E-state index is 0.255. The molecule has 1 aliphatic rings. The van der Waals surface area contributed by atoms with E-state index >= 15 is 0 Å². The van der Waals surface area contributed by atoms with E-state index in [9.17, 15) is 19.2 Å². The molecule has 3 rings (SSSR count). The maximum Gasteiger partial charge on any atom is 0.348 e. The van der Waals surface area contributed by atoms with E-state index < -0.39 is 35.9 Å². The Morgan fingerprint density at radius 2 is 1.90 bits per heavy atom. The Bertz CT molecular complexity index is 988. The number of nitrogens with zero attached hydrogens (tertiary/aromatic N) is 1. The van der Waals surface area contributed by atoms with Crippen LogP contribution in [-0.4, -0.2) is 41.9 Å². The predicted octanol–water partition coefficient (Wildman–Crippen LogP) is 3.03. The minimum Gasteiger partial charge on any atom is -0.462 e. The van der Waals surface area contributed by atoms with Gasteiger partial charge in [-0.15, -0.1) is 11.3 Å². The summed E-state index contributed by atoms with van der Waals surface area (Å²) in [6.45, 7) is 5.09. The first-order chi connectivity index (χ1) is 14.3. The quantitative estimate of drug-likeness (QED) is 0.520. The molecule has 0 spiro atoms. The highest BCUT2D eigenvalue weighted by atomic mass is 32.1. The van der Waals surface area contributed by atoms with Crippen LogP contribution < -0.4 is 10.6 Å². The molecule has 8 nitrogen and oxygen atoms in total. The normalized spacial score (nSPS) is 18.3. The van der Waals surface area contributed by atoms with Gasteiger partial charge in [0.2, 0.25) is 5.91 Å². The molecule has 1 aromatic heterocycles. The summed E-state index contributed by atoms with van der Waals surface area (Å²) in [6.07, 6.45) is 0.354. The SMILES string of the molecule is CCOC(=O)c1sc(NC(=O)CN2C(=O)N[C@](CC)(c3ccccc3)C2=O)cc1C. The van der Waals surface area contributed by atoms with Crippen LogP contribution in [0, 0.1) is 6.92 Å². The fourth-order valence-corrected chi connectivity index (χ4v) is 4.38. The third-order valence-corrected chi connectivity index (χ3v) is 6.05. The molecule has 0 saturated carbocycles. The second kappa shape index (κ2) is 8.66. The number of ether oxygens (including phenoxy) is 1. The van der Waals surface area contributed by atoms with Crippen LogP contribution in [0.3, 0.4) is 0 Å². The van der Waals surface area contributed by atoms with Gasteiger partial charge >= 0.3 is 12.0 Å². The molecule has 0 bridgehead atoms. The number of anilines is 1. The van der Waals surface area contributed by atoms with Crippen molar-refractivity contribution in [1.29, 1.82) is 0 Å². The number of rotatable bonds is 7. The number of thiophene rings is 1. The molecule has 2 N–H and O–H groups in total. The number of hydrogen-bond acceptors (Lipinski definition) is 6. The van der Waals surface area contributed by atoms with Gasteiger partial charge < -0.3 is 15.4 Å². The van der Waals surface area contributed by atoms with Gasteiger partial charge in [0.05, 0.1) is 11.6 Å². The van der Waals surface area contributed by atoms with Crippen LogP contribution in [0.1, 0.15) is 41.1 Å². The van der Waals surface area contributed by atoms with E-state index in [2.05, 4.69) is 10.6 Å². The van der Waals surface area contributed by atoms with E-state index in [-0.39, 0.29) is 6.61 Å². The second-order valence-corrected chi connectivity index (χ2v) is 7.89. The topological polar surface area (TPSA) is 105 Å². The van der Waals surface area contributed by atoms with E-state index in [1.54, 1.807) is 51.1 Å². The summed E-state index contributed by atoms with van der Waals surface area (Å²) in [5, 5.41) is 5.84. The molecule has 0 radical (unpaired) electrons. The molecular weight excluding hydrogens is 406 g/mol. The molecule has 9 heteroatoms. The summed E-state index contributed by atoms with van der Waals surface area (Å²) >= 11 is 1.09. The monoisotopic (exact) mass is 429 g/mol. The summed E-state index contributed by atoms with van der Waals surface area (Å²) in [4.78, 5) is 51.3. The Balaban J connectivity index is 1.73. The predicted molar refractivity (Wildman–Crippen MR) is 112 cm³/mol. The zero-order valence-electron chi connectivity index (χ0n) is 17.0. The van der Waals surface area contributed by atoms with E-state index in [1.807, 2.05) is 6.07 Å². The van der Waals surface area contributed by atoms with Crippen molar-refractivity contribution in [1.82, 2.24) is 10.2 Å². The smallest absolute Gasteiger partial charge is 0.348 e. The maximum atomic E-state index is 13.1. The number of nitrogens with one attached hydrogen (secondary N) is 2. The van der Waals surface area contributed by atoms with Crippen LogP contribution in [0.15, 0.2) is 36.4 Å². The number of urea groups is 1. The molecule has 30 heavy (non-hydrogen) atoms. The van der Waals surface area contributed by atoms with Crippen molar-refractivity contribution >= 4 is 40.2 Å². The Hall–Kier alpha value is -3.20. The molecule has 1 atom stereocenters. The van der Waals surface area contributed by atoms with Crippen molar-refractivity contribution in [3.63, 3.8) is 0 Å². The molecule has 1 saturated heterocycles. The average molecular weight is 429 g/mol. The van der Waals surface area contributed by atoms with Gasteiger partial charge in [0.1, 0.15) is 17.0 Å². The van der Waals surface area contributed by atoms with E-state index in [4.69, 9.17) is 4.74 Å². The van der Waals surface area contributed by atoms with Crippen LogP contribution >= 0.6 is 11.3 Å². The van der Waals surface area contributed by atoms with Crippen molar-refractivity contribution in [2.45, 2.75) is 32.7 Å². The molecule has 1 fully saturated rings. The number of esters is 1. The van der Waals surface area contributed by atoms with E-state index in [1.165, 1.54) is 0 Å². The van der Waals surface area contributed by atoms with Crippen LogP contribution in [0.2, 0.25) is 0 Å². The third-order valence-electron chi connectivity index (χ3n) is 4.92. The summed E-state index contributed by atoms with van der Waals surface area (Å²) in [5.74, 6) is -1.45. The standard InChI is InChI=1S/C21H23N3O5S/c1-4-21(14-9-7-6-8-10-14)19(27)24(20(28)23-21)12-15(25)22-16-11-13(3)17(30-16)18(26)29-5-2/h6-11H,4-5,12H2,1-3H3,(H,22,25)(H,23,28)/t21-/m1/s1. The van der Waals surface area contributed by atoms with Gasteiger partial charge in [0.25, 0.3) is 5.91 Å². The first-order valence-corrected chi connectivity index (χ1v) is 10.4. The molecule has 0 aliphatic carbocycles. The van der Waals surface area contributed by atoms with E-state index in [0.29, 0.717) is 27.4 Å². The molecule has 1 aliphatic heterocycles. The number of hydrogen-bond donors (Lipinski definition) is 2. The number of benzene rings is 1. The fourth-order valence-electron chi connectivity index (χ4n) is 3.40. The van der Waals surface area contributed by atoms with Crippen molar-refractivity contribution < 1.29 is 23.9 Å². The summed E-state index contributed by atoms with van der Waals surface area (Å²) in [7, 11) is 0. The summed E-state index contributed by atoms with van der Waals surface area (Å²) in [5.41, 5.74) is 0.161. The molecule has 4 amide bonds. The van der Waals surface area contributed by atoms with Crippen molar-refractivity contribution in [2.24, 2.45) is 0 Å². The third kappa shape index (κ3) is 3.93. The van der Waals surface area contributed by atoms with Crippen LogP contribution in [0.4, 0.5) is 9.80 Å². The van der Waals surface area contributed by atoms with Gasteiger partial charge in [-0.25, -0.2) is 9.59 Å². The Morgan fingerprint density at radius 1 is 1.20 bits per heavy atom. The summed E-state index contributed by atoms with van der Waals surface area (Å²) < 4.78 is 4.99. The van der Waals surface area contributed by atoms with Gasteiger partial charge in [-0.3, -0.25) is 14.5 Å². The average Bonchev–Trinajstić information content (AvgIpc) is 3.21. The zero-order valence-corrected chi connectivity index (χ0v) is 17.8. The lowest BCUT2D eigenvalue weighted by Gasteiger charge is -2.25. The Morgan fingerprint density at radius 3 is 2.53 bits per heavy atom. The highest BCUT2D eigenvalue weighted by molar-refractivity contribution is 7.18. The molecule has 158 valence electrons. The minimum atomic E-state index is -1.19. The van der Waals surface area contributed by atoms with Crippen LogP contribution in [0.5, 0.6) is 0 Å².